The number of benzene rings is 1. The van der Waals surface area contributed by atoms with Crippen molar-refractivity contribution in [2.45, 2.75) is 32.4 Å². The average molecular weight is 379 g/mol. The molecular weight excluding hydrogens is 358 g/mol. The van der Waals surface area contributed by atoms with Crippen LogP contribution in [0.4, 0.5) is 5.69 Å². The van der Waals surface area contributed by atoms with Gasteiger partial charge in [-0.15, -0.1) is 0 Å². The summed E-state index contributed by atoms with van der Waals surface area (Å²) in [6, 6.07) is 10.0. The first-order chi connectivity index (χ1) is 13.0. The molecule has 0 aliphatic heterocycles. The Hall–Kier alpha value is -2.85. The van der Waals surface area contributed by atoms with E-state index >= 15 is 0 Å². The minimum atomic E-state index is -0.0373. The Morgan fingerprint density at radius 1 is 1.30 bits per heavy atom. The van der Waals surface area contributed by atoms with Crippen molar-refractivity contribution in [1.82, 2.24) is 14.6 Å². The van der Waals surface area contributed by atoms with E-state index in [0.29, 0.717) is 24.1 Å². The summed E-state index contributed by atoms with van der Waals surface area (Å²) in [6.07, 6.45) is 4.51. The number of hydrogen-bond acceptors (Lipinski definition) is 5. The fourth-order valence-electron chi connectivity index (χ4n) is 3.06. The highest BCUT2D eigenvalue weighted by Gasteiger charge is 2.14. The van der Waals surface area contributed by atoms with Gasteiger partial charge in [0.05, 0.1) is 6.20 Å². The van der Waals surface area contributed by atoms with Crippen molar-refractivity contribution in [1.29, 1.82) is 5.26 Å². The van der Waals surface area contributed by atoms with Gasteiger partial charge in [-0.25, -0.2) is 9.50 Å². The molecule has 0 spiro atoms. The molecule has 1 amide bonds. The molecule has 0 fully saturated rings. The quantitative estimate of drug-likeness (QED) is 0.707. The molecule has 27 heavy (non-hydrogen) atoms. The molecule has 0 aliphatic carbocycles. The van der Waals surface area contributed by atoms with Gasteiger partial charge in [-0.3, -0.25) is 4.79 Å². The van der Waals surface area contributed by atoms with Gasteiger partial charge >= 0.3 is 0 Å². The highest BCUT2D eigenvalue weighted by atomic mass is 32.2. The monoisotopic (exact) mass is 379 g/mol. The fraction of sp³-hybridized carbons (Fsp3) is 0.300. The molecule has 3 rings (SSSR count). The Balaban J connectivity index is 1.69. The molecule has 3 aromatic rings. The molecule has 2 aromatic heterocycles. The number of fused-ring (bicyclic) bond motifs is 1. The number of thioether (sulfide) groups is 1. The highest BCUT2D eigenvalue weighted by molar-refractivity contribution is 7.97. The van der Waals surface area contributed by atoms with Gasteiger partial charge < -0.3 is 5.32 Å². The van der Waals surface area contributed by atoms with Gasteiger partial charge in [0, 0.05) is 29.2 Å². The van der Waals surface area contributed by atoms with E-state index in [0.717, 1.165) is 28.4 Å². The molecule has 0 saturated heterocycles. The van der Waals surface area contributed by atoms with E-state index in [4.69, 9.17) is 5.26 Å². The van der Waals surface area contributed by atoms with Crippen LogP contribution in [0.1, 0.15) is 34.5 Å². The summed E-state index contributed by atoms with van der Waals surface area (Å²) in [5, 5.41) is 16.3. The second-order valence-electron chi connectivity index (χ2n) is 6.34. The molecule has 1 aromatic carbocycles. The van der Waals surface area contributed by atoms with E-state index in [1.54, 1.807) is 16.3 Å². The predicted octanol–water partition coefficient (Wildman–Crippen LogP) is 3.65. The Labute approximate surface area is 162 Å². The number of aromatic nitrogens is 3. The number of anilines is 1. The first-order valence-electron chi connectivity index (χ1n) is 8.65. The number of amides is 1. The number of hydrogen-bond donors (Lipinski definition) is 1. The molecule has 0 radical (unpaired) electrons. The van der Waals surface area contributed by atoms with E-state index in [9.17, 15) is 4.79 Å². The zero-order chi connectivity index (χ0) is 19.4. The minimum Gasteiger partial charge on any atom is -0.326 e. The highest BCUT2D eigenvalue weighted by Crippen LogP contribution is 2.19. The van der Waals surface area contributed by atoms with Crippen molar-refractivity contribution >= 4 is 29.0 Å². The van der Waals surface area contributed by atoms with Gasteiger partial charge in [-0.1, -0.05) is 12.1 Å². The van der Waals surface area contributed by atoms with Crippen LogP contribution in [0.25, 0.3) is 5.65 Å². The summed E-state index contributed by atoms with van der Waals surface area (Å²) >= 11 is 1.77. The van der Waals surface area contributed by atoms with E-state index in [2.05, 4.69) is 27.7 Å². The van der Waals surface area contributed by atoms with Crippen molar-refractivity contribution < 1.29 is 4.79 Å². The largest absolute Gasteiger partial charge is 0.326 e. The maximum Gasteiger partial charge on any atom is 0.224 e. The number of nitrogens with one attached hydrogen (secondary N) is 1. The van der Waals surface area contributed by atoms with Gasteiger partial charge in [0.2, 0.25) is 5.91 Å². The molecule has 138 valence electrons. The van der Waals surface area contributed by atoms with Gasteiger partial charge in [0.25, 0.3) is 0 Å². The number of aryl methyl sites for hydroxylation is 2. The van der Waals surface area contributed by atoms with Gasteiger partial charge in [-0.2, -0.15) is 22.1 Å². The molecule has 0 unspecified atom stereocenters. The summed E-state index contributed by atoms with van der Waals surface area (Å²) in [5.74, 6) is 0.924. The third kappa shape index (κ3) is 4.12. The average Bonchev–Trinajstić information content (AvgIpc) is 3.06. The summed E-state index contributed by atoms with van der Waals surface area (Å²) in [4.78, 5) is 16.8. The van der Waals surface area contributed by atoms with Crippen molar-refractivity contribution in [3.05, 3.63) is 58.5 Å². The first kappa shape index (κ1) is 18.9. The summed E-state index contributed by atoms with van der Waals surface area (Å²) in [7, 11) is 0. The lowest BCUT2D eigenvalue weighted by molar-refractivity contribution is -0.116. The van der Waals surface area contributed by atoms with Crippen LogP contribution in [0, 0.1) is 25.2 Å². The number of carbonyl (C=O) groups excluding carboxylic acids is 1. The summed E-state index contributed by atoms with van der Waals surface area (Å²) in [6.45, 7) is 3.84. The van der Waals surface area contributed by atoms with Crippen LogP contribution in [0.15, 0.2) is 30.5 Å². The van der Waals surface area contributed by atoms with E-state index in [1.807, 2.05) is 38.1 Å². The molecule has 2 heterocycles. The Morgan fingerprint density at radius 2 is 2.04 bits per heavy atom. The smallest absolute Gasteiger partial charge is 0.224 e. The molecular formula is C20H21N5OS. The third-order valence-corrected chi connectivity index (χ3v) is 5.10. The van der Waals surface area contributed by atoms with Crippen LogP contribution >= 0.6 is 11.8 Å². The first-order valence-corrected chi connectivity index (χ1v) is 10.0. The van der Waals surface area contributed by atoms with Crippen molar-refractivity contribution in [3.8, 4) is 6.07 Å². The topological polar surface area (TPSA) is 83.1 Å². The molecule has 6 nitrogen and oxygen atoms in total. The minimum absolute atomic E-state index is 0.0373. The van der Waals surface area contributed by atoms with E-state index < -0.39 is 0 Å². The lowest BCUT2D eigenvalue weighted by atomic mass is 10.1. The predicted molar refractivity (Wildman–Crippen MR) is 108 cm³/mol. The van der Waals surface area contributed by atoms with Crippen LogP contribution in [-0.4, -0.2) is 26.8 Å². The summed E-state index contributed by atoms with van der Waals surface area (Å²) in [5.41, 5.74) is 5.78. The van der Waals surface area contributed by atoms with Gasteiger partial charge in [0.15, 0.2) is 5.65 Å². The SMILES string of the molecule is CSCc1ccc(NC(=O)CCc2c(C)nc3c(C#N)cnn3c2C)cc1. The fourth-order valence-corrected chi connectivity index (χ4v) is 3.59. The third-order valence-electron chi connectivity index (χ3n) is 4.48. The Morgan fingerprint density at radius 3 is 2.70 bits per heavy atom. The molecule has 0 aliphatic rings. The van der Waals surface area contributed by atoms with E-state index in [1.165, 1.54) is 11.8 Å². The molecule has 7 heteroatoms. The van der Waals surface area contributed by atoms with Crippen LogP contribution < -0.4 is 5.32 Å². The lowest BCUT2D eigenvalue weighted by Gasteiger charge is -2.11. The second kappa shape index (κ2) is 8.23. The van der Waals surface area contributed by atoms with E-state index in [-0.39, 0.29) is 5.91 Å². The zero-order valence-corrected chi connectivity index (χ0v) is 16.4. The number of carbonyl (C=O) groups is 1. The molecule has 0 bridgehead atoms. The number of rotatable bonds is 6. The lowest BCUT2D eigenvalue weighted by Crippen LogP contribution is -2.14. The van der Waals surface area contributed by atoms with Crippen molar-refractivity contribution in [2.24, 2.45) is 0 Å². The van der Waals surface area contributed by atoms with Gasteiger partial charge in [-0.05, 0) is 49.8 Å². The standard InChI is InChI=1S/C20H21N5OS/c1-13-18(14(2)25-20(23-13)16(10-21)11-22-25)8-9-19(26)24-17-6-4-15(5-7-17)12-27-3/h4-7,11H,8-9,12H2,1-3H3,(H,24,26). The molecule has 0 saturated carbocycles. The second-order valence-corrected chi connectivity index (χ2v) is 7.21. The normalized spacial score (nSPS) is 10.7. The molecule has 1 N–H and O–H groups in total. The van der Waals surface area contributed by atoms with Crippen molar-refractivity contribution in [2.75, 3.05) is 11.6 Å². The van der Waals surface area contributed by atoms with Crippen molar-refractivity contribution in [3.63, 3.8) is 0 Å². The van der Waals surface area contributed by atoms with Crippen LogP contribution in [-0.2, 0) is 17.0 Å². The Bertz CT molecular complexity index is 1020. The number of nitrogens with zero attached hydrogens (tertiary/aromatic N) is 4. The van der Waals surface area contributed by atoms with Gasteiger partial charge in [0.1, 0.15) is 11.6 Å². The Kier molecular flexibility index (Phi) is 5.77. The van der Waals surface area contributed by atoms with Crippen LogP contribution in [0.2, 0.25) is 0 Å². The maximum atomic E-state index is 12.3. The number of nitriles is 1. The maximum absolute atomic E-state index is 12.3. The summed E-state index contributed by atoms with van der Waals surface area (Å²) < 4.78 is 1.67. The zero-order valence-electron chi connectivity index (χ0n) is 15.6. The molecule has 0 atom stereocenters. The van der Waals surface area contributed by atoms with Crippen LogP contribution in [0.3, 0.4) is 0 Å². The van der Waals surface area contributed by atoms with Crippen LogP contribution in [0.5, 0.6) is 0 Å².